The van der Waals surface area contributed by atoms with Gasteiger partial charge >= 0.3 is 0 Å². The zero-order valence-corrected chi connectivity index (χ0v) is 10.0. The number of rotatable bonds is 2. The van der Waals surface area contributed by atoms with Crippen LogP contribution in [0.5, 0.6) is 0 Å². The third kappa shape index (κ3) is 3.16. The van der Waals surface area contributed by atoms with Gasteiger partial charge in [0, 0.05) is 32.2 Å². The highest BCUT2D eigenvalue weighted by atomic mass is 15.2. The first-order valence-electron chi connectivity index (χ1n) is 6.57. The van der Waals surface area contributed by atoms with Gasteiger partial charge in [-0.25, -0.2) is 0 Å². The van der Waals surface area contributed by atoms with Gasteiger partial charge in [-0.2, -0.15) is 0 Å². The van der Waals surface area contributed by atoms with Crippen LogP contribution in [0.15, 0.2) is 0 Å². The van der Waals surface area contributed by atoms with E-state index in [0.717, 1.165) is 6.04 Å². The first-order valence-corrected chi connectivity index (χ1v) is 6.57. The number of nitrogens with zero attached hydrogens (tertiary/aromatic N) is 2. The van der Waals surface area contributed by atoms with E-state index < -0.39 is 0 Å². The zero-order chi connectivity index (χ0) is 10.5. The lowest BCUT2D eigenvalue weighted by Crippen LogP contribution is -2.48. The van der Waals surface area contributed by atoms with E-state index in [2.05, 4.69) is 22.0 Å². The van der Waals surface area contributed by atoms with Crippen molar-refractivity contribution in [2.75, 3.05) is 45.8 Å². The molecule has 0 amide bonds. The van der Waals surface area contributed by atoms with Crippen molar-refractivity contribution in [2.24, 2.45) is 0 Å². The Morgan fingerprint density at radius 1 is 1.07 bits per heavy atom. The molecule has 2 heterocycles. The maximum atomic E-state index is 3.44. The van der Waals surface area contributed by atoms with Gasteiger partial charge in [-0.1, -0.05) is 6.92 Å². The Morgan fingerprint density at radius 2 is 1.87 bits per heavy atom. The lowest BCUT2D eigenvalue weighted by molar-refractivity contribution is 0.157. The third-order valence-corrected chi connectivity index (χ3v) is 3.91. The molecule has 0 aromatic rings. The molecule has 2 saturated heterocycles. The lowest BCUT2D eigenvalue weighted by atomic mass is 10.1. The topological polar surface area (TPSA) is 18.5 Å². The summed E-state index contributed by atoms with van der Waals surface area (Å²) in [5.74, 6) is 0. The summed E-state index contributed by atoms with van der Waals surface area (Å²) in [6, 6.07) is 0.864. The quantitative estimate of drug-likeness (QED) is 0.728. The van der Waals surface area contributed by atoms with Crippen LogP contribution in [-0.4, -0.2) is 61.7 Å². The number of piperazine rings is 1. The van der Waals surface area contributed by atoms with Crippen LogP contribution in [0.4, 0.5) is 0 Å². The van der Waals surface area contributed by atoms with Crippen LogP contribution in [0, 0.1) is 0 Å². The summed E-state index contributed by atoms with van der Waals surface area (Å²) < 4.78 is 0. The fourth-order valence-corrected chi connectivity index (χ4v) is 2.87. The van der Waals surface area contributed by atoms with Gasteiger partial charge < -0.3 is 10.2 Å². The summed E-state index contributed by atoms with van der Waals surface area (Å²) in [6.45, 7) is 11.0. The Balaban J connectivity index is 1.81. The van der Waals surface area contributed by atoms with Crippen LogP contribution in [0.2, 0.25) is 0 Å². The predicted molar refractivity (Wildman–Crippen MR) is 64.2 cm³/mol. The second-order valence-corrected chi connectivity index (χ2v) is 4.80. The van der Waals surface area contributed by atoms with E-state index in [9.17, 15) is 0 Å². The second-order valence-electron chi connectivity index (χ2n) is 4.80. The monoisotopic (exact) mass is 211 g/mol. The fraction of sp³-hybridized carbons (Fsp3) is 1.00. The van der Waals surface area contributed by atoms with Crippen molar-refractivity contribution in [3.05, 3.63) is 0 Å². The molecule has 2 aliphatic rings. The van der Waals surface area contributed by atoms with Crippen molar-refractivity contribution in [3.8, 4) is 0 Å². The molecule has 1 N–H and O–H groups in total. The summed E-state index contributed by atoms with van der Waals surface area (Å²) in [4.78, 5) is 5.30. The molecule has 0 aromatic carbocycles. The molecule has 0 radical (unpaired) electrons. The van der Waals surface area contributed by atoms with Crippen LogP contribution < -0.4 is 5.32 Å². The molecule has 1 atom stereocenters. The van der Waals surface area contributed by atoms with Gasteiger partial charge in [-0.3, -0.25) is 4.90 Å². The molecule has 15 heavy (non-hydrogen) atoms. The maximum Gasteiger partial charge on any atom is 0.0110 e. The number of hydrogen-bond donors (Lipinski definition) is 1. The Bertz CT molecular complexity index is 178. The highest BCUT2D eigenvalue weighted by molar-refractivity contribution is 4.80. The first-order chi connectivity index (χ1) is 7.40. The Morgan fingerprint density at radius 3 is 2.60 bits per heavy atom. The SMILES string of the molecule is CCN1CCCC(N2CCNCC2)CC1. The minimum Gasteiger partial charge on any atom is -0.314 e. The van der Waals surface area contributed by atoms with Crippen molar-refractivity contribution >= 4 is 0 Å². The van der Waals surface area contributed by atoms with Gasteiger partial charge in [0.25, 0.3) is 0 Å². The summed E-state index contributed by atoms with van der Waals surface area (Å²) >= 11 is 0. The van der Waals surface area contributed by atoms with Crippen LogP contribution in [0.1, 0.15) is 26.2 Å². The summed E-state index contributed by atoms with van der Waals surface area (Å²) in [5, 5.41) is 3.44. The molecule has 2 rings (SSSR count). The van der Waals surface area contributed by atoms with Gasteiger partial charge in [-0.05, 0) is 38.9 Å². The van der Waals surface area contributed by atoms with Gasteiger partial charge in [0.05, 0.1) is 0 Å². The van der Waals surface area contributed by atoms with Crippen molar-refractivity contribution < 1.29 is 0 Å². The Hall–Kier alpha value is -0.120. The molecular formula is C12H25N3. The number of hydrogen-bond acceptors (Lipinski definition) is 3. The summed E-state index contributed by atoms with van der Waals surface area (Å²) in [7, 11) is 0. The molecule has 0 aromatic heterocycles. The minimum atomic E-state index is 0.864. The van der Waals surface area contributed by atoms with E-state index in [-0.39, 0.29) is 0 Å². The molecule has 0 bridgehead atoms. The smallest absolute Gasteiger partial charge is 0.0110 e. The fourth-order valence-electron chi connectivity index (χ4n) is 2.87. The van der Waals surface area contributed by atoms with E-state index in [0.29, 0.717) is 0 Å². The summed E-state index contributed by atoms with van der Waals surface area (Å²) in [6.07, 6.45) is 4.19. The largest absolute Gasteiger partial charge is 0.314 e. The molecule has 0 aliphatic carbocycles. The molecule has 0 spiro atoms. The van der Waals surface area contributed by atoms with Crippen molar-refractivity contribution in [2.45, 2.75) is 32.2 Å². The van der Waals surface area contributed by atoms with Crippen LogP contribution >= 0.6 is 0 Å². The van der Waals surface area contributed by atoms with E-state index in [4.69, 9.17) is 0 Å². The average molecular weight is 211 g/mol. The average Bonchev–Trinajstić information content (AvgIpc) is 2.55. The van der Waals surface area contributed by atoms with Gasteiger partial charge in [-0.15, -0.1) is 0 Å². The Labute approximate surface area is 93.8 Å². The van der Waals surface area contributed by atoms with Crippen molar-refractivity contribution in [1.29, 1.82) is 0 Å². The molecule has 3 heteroatoms. The van der Waals surface area contributed by atoms with E-state index >= 15 is 0 Å². The zero-order valence-electron chi connectivity index (χ0n) is 10.0. The van der Waals surface area contributed by atoms with Crippen molar-refractivity contribution in [3.63, 3.8) is 0 Å². The van der Waals surface area contributed by atoms with Crippen molar-refractivity contribution in [1.82, 2.24) is 15.1 Å². The maximum absolute atomic E-state index is 3.44. The minimum absolute atomic E-state index is 0.864. The molecule has 2 fully saturated rings. The molecule has 3 nitrogen and oxygen atoms in total. The van der Waals surface area contributed by atoms with Gasteiger partial charge in [0.1, 0.15) is 0 Å². The predicted octanol–water partition coefficient (Wildman–Crippen LogP) is 0.766. The molecular weight excluding hydrogens is 186 g/mol. The highest BCUT2D eigenvalue weighted by Crippen LogP contribution is 2.17. The van der Waals surface area contributed by atoms with Crippen LogP contribution in [0.25, 0.3) is 0 Å². The Kier molecular flexibility index (Phi) is 4.42. The lowest BCUT2D eigenvalue weighted by Gasteiger charge is -2.34. The second kappa shape index (κ2) is 5.83. The van der Waals surface area contributed by atoms with Crippen LogP contribution in [-0.2, 0) is 0 Å². The summed E-state index contributed by atoms with van der Waals surface area (Å²) in [5.41, 5.74) is 0. The number of likely N-dealkylation sites (tertiary alicyclic amines) is 1. The molecule has 2 aliphatic heterocycles. The van der Waals surface area contributed by atoms with Crippen LogP contribution in [0.3, 0.4) is 0 Å². The van der Waals surface area contributed by atoms with Gasteiger partial charge in [0.2, 0.25) is 0 Å². The standard InChI is InChI=1S/C12H25N3/c1-2-14-8-3-4-12(5-9-14)15-10-6-13-7-11-15/h12-13H,2-11H2,1H3. The highest BCUT2D eigenvalue weighted by Gasteiger charge is 2.22. The van der Waals surface area contributed by atoms with E-state index in [1.165, 1.54) is 65.1 Å². The normalized spacial score (nSPS) is 31.4. The van der Waals surface area contributed by atoms with Gasteiger partial charge in [0.15, 0.2) is 0 Å². The number of nitrogens with one attached hydrogen (secondary N) is 1. The third-order valence-electron chi connectivity index (χ3n) is 3.91. The molecule has 1 unspecified atom stereocenters. The first kappa shape index (κ1) is 11.4. The molecule has 0 saturated carbocycles. The van der Waals surface area contributed by atoms with E-state index in [1.807, 2.05) is 0 Å². The van der Waals surface area contributed by atoms with E-state index in [1.54, 1.807) is 0 Å². The molecule has 88 valence electrons.